The lowest BCUT2D eigenvalue weighted by Gasteiger charge is -2.32. The summed E-state index contributed by atoms with van der Waals surface area (Å²) in [5.41, 5.74) is -0.815. The molecule has 1 aliphatic heterocycles. The third-order valence-electron chi connectivity index (χ3n) is 3.50. The lowest BCUT2D eigenvalue weighted by Crippen LogP contribution is -2.41. The molecule has 1 aromatic rings. The van der Waals surface area contributed by atoms with Gasteiger partial charge in [-0.1, -0.05) is 0 Å². The number of ether oxygens (including phenoxy) is 1. The molecule has 1 aliphatic rings. The molecule has 1 amide bonds. The van der Waals surface area contributed by atoms with E-state index in [9.17, 15) is 18.0 Å². The zero-order valence-corrected chi connectivity index (χ0v) is 12.6. The van der Waals surface area contributed by atoms with Crippen molar-refractivity contribution in [2.45, 2.75) is 45.1 Å². The van der Waals surface area contributed by atoms with Gasteiger partial charge in [-0.15, -0.1) is 0 Å². The number of hydrogen-bond donors (Lipinski definition) is 0. The predicted octanol–water partition coefficient (Wildman–Crippen LogP) is 3.13. The summed E-state index contributed by atoms with van der Waals surface area (Å²) < 4.78 is 43.1. The largest absolute Gasteiger partial charge is 0.417 e. The van der Waals surface area contributed by atoms with Crippen molar-refractivity contribution in [3.8, 4) is 0 Å². The molecule has 7 heteroatoms. The van der Waals surface area contributed by atoms with Gasteiger partial charge in [0.05, 0.1) is 17.8 Å². The van der Waals surface area contributed by atoms with E-state index in [2.05, 4.69) is 4.98 Å². The van der Waals surface area contributed by atoms with Gasteiger partial charge in [0, 0.05) is 19.3 Å². The second kappa shape index (κ2) is 6.64. The molecule has 0 aliphatic carbocycles. The summed E-state index contributed by atoms with van der Waals surface area (Å²) in [4.78, 5) is 17.5. The highest BCUT2D eigenvalue weighted by Crippen LogP contribution is 2.28. The Morgan fingerprint density at radius 2 is 1.95 bits per heavy atom. The molecule has 0 N–H and O–H groups in total. The van der Waals surface area contributed by atoms with Gasteiger partial charge in [-0.3, -0.25) is 9.78 Å². The van der Waals surface area contributed by atoms with Crippen molar-refractivity contribution in [1.29, 1.82) is 0 Å². The molecular formula is C15H19F3N2O2. The van der Waals surface area contributed by atoms with Gasteiger partial charge >= 0.3 is 6.18 Å². The van der Waals surface area contributed by atoms with E-state index >= 15 is 0 Å². The number of pyridine rings is 1. The minimum absolute atomic E-state index is 0.0382. The van der Waals surface area contributed by atoms with Gasteiger partial charge in [-0.05, 0) is 38.8 Å². The highest BCUT2D eigenvalue weighted by Gasteiger charge is 2.31. The highest BCUT2D eigenvalue weighted by atomic mass is 19.4. The Kier molecular flexibility index (Phi) is 5.05. The molecule has 1 fully saturated rings. The number of hydrogen-bond acceptors (Lipinski definition) is 3. The molecule has 0 radical (unpaired) electrons. The SMILES string of the molecule is CC(C)OC1CCN(C(=O)c2ccc(C(F)(F)F)cn2)CC1. The van der Waals surface area contributed by atoms with Crippen LogP contribution in [0.15, 0.2) is 18.3 Å². The fourth-order valence-electron chi connectivity index (χ4n) is 2.43. The summed E-state index contributed by atoms with van der Waals surface area (Å²) in [6, 6.07) is 2.01. The minimum atomic E-state index is -4.44. The number of rotatable bonds is 3. The Morgan fingerprint density at radius 1 is 1.32 bits per heavy atom. The smallest absolute Gasteiger partial charge is 0.375 e. The monoisotopic (exact) mass is 316 g/mol. The molecule has 2 rings (SSSR count). The van der Waals surface area contributed by atoms with E-state index in [0.29, 0.717) is 19.3 Å². The number of carbonyl (C=O) groups is 1. The van der Waals surface area contributed by atoms with E-state index in [1.54, 1.807) is 4.90 Å². The maximum atomic E-state index is 12.5. The van der Waals surface area contributed by atoms with Crippen LogP contribution in [0.25, 0.3) is 0 Å². The Hall–Kier alpha value is -1.63. The minimum Gasteiger partial charge on any atom is -0.375 e. The molecule has 0 saturated carbocycles. The summed E-state index contributed by atoms with van der Waals surface area (Å²) in [5.74, 6) is -0.336. The summed E-state index contributed by atoms with van der Waals surface area (Å²) in [5, 5.41) is 0. The fraction of sp³-hybridized carbons (Fsp3) is 0.600. The predicted molar refractivity (Wildman–Crippen MR) is 74.4 cm³/mol. The number of amides is 1. The third kappa shape index (κ3) is 4.19. The van der Waals surface area contributed by atoms with E-state index in [-0.39, 0.29) is 23.8 Å². The zero-order chi connectivity index (χ0) is 16.3. The van der Waals surface area contributed by atoms with Crippen molar-refractivity contribution in [3.05, 3.63) is 29.6 Å². The van der Waals surface area contributed by atoms with Gasteiger partial charge in [0.25, 0.3) is 5.91 Å². The van der Waals surface area contributed by atoms with Gasteiger partial charge < -0.3 is 9.64 Å². The first kappa shape index (κ1) is 16.7. The molecule has 1 saturated heterocycles. The summed E-state index contributed by atoms with van der Waals surface area (Å²) in [7, 11) is 0. The van der Waals surface area contributed by atoms with Crippen LogP contribution in [0.5, 0.6) is 0 Å². The molecule has 2 heterocycles. The number of likely N-dealkylation sites (tertiary alicyclic amines) is 1. The van der Waals surface area contributed by atoms with Crippen LogP contribution < -0.4 is 0 Å². The molecule has 0 unspecified atom stereocenters. The lowest BCUT2D eigenvalue weighted by atomic mass is 10.1. The first-order valence-electron chi connectivity index (χ1n) is 7.25. The van der Waals surface area contributed by atoms with E-state index in [4.69, 9.17) is 4.74 Å². The molecular weight excluding hydrogens is 297 g/mol. The molecule has 0 spiro atoms. The first-order valence-corrected chi connectivity index (χ1v) is 7.25. The number of aromatic nitrogens is 1. The van der Waals surface area contributed by atoms with Crippen LogP contribution in [0.2, 0.25) is 0 Å². The van der Waals surface area contributed by atoms with Crippen LogP contribution >= 0.6 is 0 Å². The van der Waals surface area contributed by atoms with E-state index in [0.717, 1.165) is 25.0 Å². The average molecular weight is 316 g/mol. The second-order valence-corrected chi connectivity index (χ2v) is 5.61. The Labute approximate surface area is 127 Å². The van der Waals surface area contributed by atoms with Crippen LogP contribution in [0.1, 0.15) is 42.7 Å². The van der Waals surface area contributed by atoms with Crippen LogP contribution in [0.4, 0.5) is 13.2 Å². The lowest BCUT2D eigenvalue weighted by molar-refractivity contribution is -0.137. The van der Waals surface area contributed by atoms with E-state index < -0.39 is 11.7 Å². The van der Waals surface area contributed by atoms with Crippen molar-refractivity contribution < 1.29 is 22.7 Å². The standard InChI is InChI=1S/C15H19F3N2O2/c1-10(2)22-12-5-7-20(8-6-12)14(21)13-4-3-11(9-19-13)15(16,17)18/h3-4,9-10,12H,5-8H2,1-2H3. The third-order valence-corrected chi connectivity index (χ3v) is 3.50. The van der Waals surface area contributed by atoms with Gasteiger partial charge in [0.15, 0.2) is 0 Å². The average Bonchev–Trinajstić information content (AvgIpc) is 2.46. The first-order chi connectivity index (χ1) is 10.3. The van der Waals surface area contributed by atoms with Crippen LogP contribution in [-0.2, 0) is 10.9 Å². The van der Waals surface area contributed by atoms with Gasteiger partial charge in [0.1, 0.15) is 5.69 Å². The number of nitrogens with zero attached hydrogens (tertiary/aromatic N) is 2. The number of carbonyl (C=O) groups excluding carboxylic acids is 1. The molecule has 0 aromatic carbocycles. The number of alkyl halides is 3. The zero-order valence-electron chi connectivity index (χ0n) is 12.6. The maximum absolute atomic E-state index is 12.5. The molecule has 0 atom stereocenters. The summed E-state index contributed by atoms with van der Waals surface area (Å²) in [6.07, 6.45) is -2.02. The van der Waals surface area contributed by atoms with Crippen LogP contribution in [-0.4, -0.2) is 41.1 Å². The quantitative estimate of drug-likeness (QED) is 0.860. The topological polar surface area (TPSA) is 42.4 Å². The normalized spacial score (nSPS) is 17.1. The van der Waals surface area contributed by atoms with Crippen molar-refractivity contribution in [2.75, 3.05) is 13.1 Å². The van der Waals surface area contributed by atoms with E-state index in [1.807, 2.05) is 13.8 Å². The molecule has 22 heavy (non-hydrogen) atoms. The molecule has 1 aromatic heterocycles. The Bertz CT molecular complexity index is 507. The fourth-order valence-corrected chi connectivity index (χ4v) is 2.43. The van der Waals surface area contributed by atoms with Crippen LogP contribution in [0.3, 0.4) is 0 Å². The molecule has 0 bridgehead atoms. The van der Waals surface area contributed by atoms with Crippen molar-refractivity contribution in [3.63, 3.8) is 0 Å². The maximum Gasteiger partial charge on any atom is 0.417 e. The van der Waals surface area contributed by atoms with Crippen molar-refractivity contribution in [2.24, 2.45) is 0 Å². The van der Waals surface area contributed by atoms with Crippen molar-refractivity contribution in [1.82, 2.24) is 9.88 Å². The Morgan fingerprint density at radius 3 is 2.41 bits per heavy atom. The molecule has 4 nitrogen and oxygen atoms in total. The highest BCUT2D eigenvalue weighted by molar-refractivity contribution is 5.92. The molecule has 122 valence electrons. The second-order valence-electron chi connectivity index (χ2n) is 5.61. The number of halogens is 3. The van der Waals surface area contributed by atoms with Crippen molar-refractivity contribution >= 4 is 5.91 Å². The van der Waals surface area contributed by atoms with Gasteiger partial charge in [-0.25, -0.2) is 0 Å². The van der Waals surface area contributed by atoms with E-state index in [1.165, 1.54) is 0 Å². The summed E-state index contributed by atoms with van der Waals surface area (Å²) in [6.45, 7) is 4.98. The number of piperidine rings is 1. The van der Waals surface area contributed by atoms with Gasteiger partial charge in [-0.2, -0.15) is 13.2 Å². The Balaban J connectivity index is 1.95. The van der Waals surface area contributed by atoms with Gasteiger partial charge in [0.2, 0.25) is 0 Å². The van der Waals surface area contributed by atoms with Crippen LogP contribution in [0, 0.1) is 0 Å². The summed E-state index contributed by atoms with van der Waals surface area (Å²) >= 11 is 0.